The van der Waals surface area contributed by atoms with Crippen molar-refractivity contribution in [1.82, 2.24) is 5.32 Å². The van der Waals surface area contributed by atoms with Gasteiger partial charge in [-0.3, -0.25) is 0 Å². The number of halogens is 3. The van der Waals surface area contributed by atoms with Crippen molar-refractivity contribution in [3.8, 4) is 0 Å². The van der Waals surface area contributed by atoms with E-state index in [0.717, 1.165) is 21.5 Å². The van der Waals surface area contributed by atoms with Gasteiger partial charge >= 0.3 is 0 Å². The average Bonchev–Trinajstić information content (AvgIpc) is 2.68. The van der Waals surface area contributed by atoms with Crippen LogP contribution in [0, 0.1) is 6.92 Å². The molecule has 1 aromatic heterocycles. The molecule has 1 heterocycles. The first-order valence-corrected chi connectivity index (χ1v) is 8.66. The number of thiophene rings is 1. The lowest BCUT2D eigenvalue weighted by Gasteiger charge is -2.15. The zero-order valence-electron chi connectivity index (χ0n) is 10.6. The first-order valence-electron chi connectivity index (χ1n) is 5.88. The van der Waals surface area contributed by atoms with Crippen molar-refractivity contribution in [3.05, 3.63) is 53.6 Å². The van der Waals surface area contributed by atoms with E-state index >= 15 is 0 Å². The van der Waals surface area contributed by atoms with E-state index in [1.807, 2.05) is 19.2 Å². The topological polar surface area (TPSA) is 12.0 Å². The van der Waals surface area contributed by atoms with Gasteiger partial charge < -0.3 is 5.32 Å². The molecule has 0 radical (unpaired) electrons. The first-order chi connectivity index (χ1) is 9.01. The van der Waals surface area contributed by atoms with Crippen LogP contribution in [0.15, 0.2) is 32.5 Å². The third kappa shape index (κ3) is 3.82. The summed E-state index contributed by atoms with van der Waals surface area (Å²) in [6.07, 6.45) is 0.884. The van der Waals surface area contributed by atoms with Gasteiger partial charge in [0.05, 0.1) is 3.79 Å². The van der Waals surface area contributed by atoms with Crippen LogP contribution < -0.4 is 5.32 Å². The van der Waals surface area contributed by atoms with Crippen molar-refractivity contribution in [1.29, 1.82) is 0 Å². The molecule has 1 N–H and O–H groups in total. The summed E-state index contributed by atoms with van der Waals surface area (Å²) in [5, 5.41) is 4.18. The summed E-state index contributed by atoms with van der Waals surface area (Å²) in [7, 11) is 1.99. The molecule has 0 amide bonds. The molecule has 2 aromatic rings. The quantitative estimate of drug-likeness (QED) is 0.661. The second-order valence-electron chi connectivity index (χ2n) is 4.39. The fraction of sp³-hybridized carbons (Fsp3) is 0.286. The Morgan fingerprint density at radius 2 is 2.05 bits per heavy atom. The van der Waals surface area contributed by atoms with Crippen LogP contribution in [-0.2, 0) is 6.42 Å². The van der Waals surface area contributed by atoms with E-state index in [9.17, 15) is 0 Å². The Labute approximate surface area is 139 Å². The van der Waals surface area contributed by atoms with Crippen LogP contribution in [0.25, 0.3) is 0 Å². The fourth-order valence-corrected chi connectivity index (χ4v) is 4.34. The molecule has 1 nitrogen and oxygen atoms in total. The molecule has 2 rings (SSSR count). The van der Waals surface area contributed by atoms with E-state index in [4.69, 9.17) is 11.6 Å². The molecular formula is C14H14Br2ClNS. The number of rotatable bonds is 4. The maximum absolute atomic E-state index is 6.29. The van der Waals surface area contributed by atoms with Gasteiger partial charge in [0, 0.05) is 20.4 Å². The Balaban J connectivity index is 2.23. The van der Waals surface area contributed by atoms with Crippen LogP contribution in [0.2, 0.25) is 5.02 Å². The predicted molar refractivity (Wildman–Crippen MR) is 91.4 cm³/mol. The van der Waals surface area contributed by atoms with Gasteiger partial charge in [-0.2, -0.15) is 0 Å². The molecule has 1 atom stereocenters. The molecule has 102 valence electrons. The van der Waals surface area contributed by atoms with Crippen LogP contribution in [0.1, 0.15) is 22.0 Å². The highest BCUT2D eigenvalue weighted by atomic mass is 79.9. The first kappa shape index (κ1) is 15.5. The number of aryl methyl sites for hydroxylation is 1. The van der Waals surface area contributed by atoms with E-state index in [0.29, 0.717) is 0 Å². The average molecular weight is 424 g/mol. The summed E-state index contributed by atoms with van der Waals surface area (Å²) in [5.41, 5.74) is 2.44. The van der Waals surface area contributed by atoms with Crippen molar-refractivity contribution < 1.29 is 0 Å². The molecule has 0 bridgehead atoms. The molecule has 1 aromatic carbocycles. The van der Waals surface area contributed by atoms with Crippen LogP contribution in [-0.4, -0.2) is 7.05 Å². The van der Waals surface area contributed by atoms with E-state index in [-0.39, 0.29) is 6.04 Å². The number of hydrogen-bond acceptors (Lipinski definition) is 2. The van der Waals surface area contributed by atoms with Crippen LogP contribution in [0.3, 0.4) is 0 Å². The zero-order valence-corrected chi connectivity index (χ0v) is 15.4. The monoisotopic (exact) mass is 421 g/mol. The Morgan fingerprint density at radius 3 is 2.58 bits per heavy atom. The Hall–Kier alpha value is 0.130. The number of benzene rings is 1. The number of hydrogen-bond donors (Lipinski definition) is 1. The smallest absolute Gasteiger partial charge is 0.0731 e. The van der Waals surface area contributed by atoms with Crippen molar-refractivity contribution in [3.63, 3.8) is 0 Å². The van der Waals surface area contributed by atoms with Gasteiger partial charge in [0.1, 0.15) is 0 Å². The van der Waals surface area contributed by atoms with Crippen molar-refractivity contribution in [2.75, 3.05) is 7.05 Å². The van der Waals surface area contributed by atoms with Crippen molar-refractivity contribution in [2.24, 2.45) is 0 Å². The lowest BCUT2D eigenvalue weighted by atomic mass is 10.0. The molecule has 0 fully saturated rings. The fourth-order valence-electron chi connectivity index (χ4n) is 1.91. The number of nitrogens with one attached hydrogen (secondary N) is 1. The lowest BCUT2D eigenvalue weighted by molar-refractivity contribution is 0.602. The van der Waals surface area contributed by atoms with Crippen LogP contribution in [0.4, 0.5) is 0 Å². The Morgan fingerprint density at radius 1 is 1.32 bits per heavy atom. The van der Waals surface area contributed by atoms with Gasteiger partial charge in [-0.25, -0.2) is 0 Å². The second kappa shape index (κ2) is 6.72. The van der Waals surface area contributed by atoms with E-state index in [1.54, 1.807) is 11.3 Å². The maximum Gasteiger partial charge on any atom is 0.0731 e. The van der Waals surface area contributed by atoms with Gasteiger partial charge in [0.15, 0.2) is 0 Å². The SMILES string of the molecule is CNC(Cc1ccc(Br)cc1Cl)c1cc(C)c(Br)s1. The summed E-state index contributed by atoms with van der Waals surface area (Å²) >= 11 is 15.1. The highest BCUT2D eigenvalue weighted by Crippen LogP contribution is 2.34. The molecule has 0 aliphatic carbocycles. The molecule has 5 heteroatoms. The van der Waals surface area contributed by atoms with Gasteiger partial charge in [-0.15, -0.1) is 11.3 Å². The predicted octanol–water partition coefficient (Wildman–Crippen LogP) is 5.74. The maximum atomic E-state index is 6.29. The molecule has 1 unspecified atom stereocenters. The lowest BCUT2D eigenvalue weighted by Crippen LogP contribution is -2.17. The molecule has 0 saturated heterocycles. The molecule has 0 saturated carbocycles. The highest BCUT2D eigenvalue weighted by molar-refractivity contribution is 9.11. The standard InChI is InChI=1S/C14H14Br2ClNS/c1-8-5-13(19-14(8)16)12(18-2)6-9-3-4-10(15)7-11(9)17/h3-5,7,12,18H,6H2,1-2H3. The summed E-state index contributed by atoms with van der Waals surface area (Å²) in [6, 6.07) is 8.56. The normalized spacial score (nSPS) is 12.7. The molecule has 19 heavy (non-hydrogen) atoms. The molecule has 0 aliphatic rings. The van der Waals surface area contributed by atoms with Crippen molar-refractivity contribution in [2.45, 2.75) is 19.4 Å². The summed E-state index contributed by atoms with van der Waals surface area (Å²) < 4.78 is 2.21. The molecule has 0 spiro atoms. The van der Waals surface area contributed by atoms with E-state index in [1.165, 1.54) is 14.2 Å². The summed E-state index contributed by atoms with van der Waals surface area (Å²) in [4.78, 5) is 1.32. The van der Waals surface area contributed by atoms with Gasteiger partial charge in [0.25, 0.3) is 0 Å². The van der Waals surface area contributed by atoms with Crippen LogP contribution >= 0.6 is 54.8 Å². The number of likely N-dealkylation sites (N-methyl/N-ethyl adjacent to an activating group) is 1. The Kier molecular flexibility index (Phi) is 5.49. The van der Waals surface area contributed by atoms with Gasteiger partial charge in [-0.1, -0.05) is 33.6 Å². The van der Waals surface area contributed by atoms with Gasteiger partial charge in [0.2, 0.25) is 0 Å². The minimum Gasteiger partial charge on any atom is -0.312 e. The van der Waals surface area contributed by atoms with Crippen molar-refractivity contribution >= 4 is 54.8 Å². The largest absolute Gasteiger partial charge is 0.312 e. The van der Waals surface area contributed by atoms with E-state index < -0.39 is 0 Å². The zero-order chi connectivity index (χ0) is 14.0. The minimum atomic E-state index is 0.286. The molecule has 0 aliphatic heterocycles. The third-order valence-electron chi connectivity index (χ3n) is 3.01. The van der Waals surface area contributed by atoms with Crippen LogP contribution in [0.5, 0.6) is 0 Å². The van der Waals surface area contributed by atoms with Gasteiger partial charge in [-0.05, 0) is 65.6 Å². The highest BCUT2D eigenvalue weighted by Gasteiger charge is 2.15. The second-order valence-corrected chi connectivity index (χ2v) is 8.11. The Bertz CT molecular complexity index is 563. The minimum absolute atomic E-state index is 0.286. The van der Waals surface area contributed by atoms with E-state index in [2.05, 4.69) is 56.2 Å². The summed E-state index contributed by atoms with van der Waals surface area (Å²) in [6.45, 7) is 2.11. The molecular weight excluding hydrogens is 409 g/mol. The third-order valence-corrected chi connectivity index (χ3v) is 6.10. The summed E-state index contributed by atoms with van der Waals surface area (Å²) in [5.74, 6) is 0.